The van der Waals surface area contributed by atoms with Crippen LogP contribution in [0, 0.1) is 6.92 Å². The van der Waals surface area contributed by atoms with Crippen LogP contribution in [0.2, 0.25) is 5.02 Å². The third kappa shape index (κ3) is 5.51. The minimum Gasteiger partial charge on any atom is -0.332 e. The Morgan fingerprint density at radius 1 is 1.21 bits per heavy atom. The van der Waals surface area contributed by atoms with Crippen molar-refractivity contribution in [1.82, 2.24) is 5.32 Å². The standard InChI is InChI=1S/C18H19ClN2OS2/c1-3-13-6-4-5-12(2)17(13)21-18(23)20-16(22)11-24-15-9-7-14(19)8-10-15/h4-10H,3,11H2,1-2H3,(H2,20,21,22,23). The van der Waals surface area contributed by atoms with Crippen molar-refractivity contribution in [3.05, 3.63) is 58.6 Å². The van der Waals surface area contributed by atoms with Gasteiger partial charge in [0, 0.05) is 15.6 Å². The molecule has 2 aromatic carbocycles. The first-order chi connectivity index (χ1) is 11.5. The lowest BCUT2D eigenvalue weighted by atomic mass is 10.1. The molecular weight excluding hydrogens is 360 g/mol. The highest BCUT2D eigenvalue weighted by Gasteiger charge is 2.09. The zero-order chi connectivity index (χ0) is 17.5. The fraction of sp³-hybridized carbons (Fsp3) is 0.222. The van der Waals surface area contributed by atoms with Gasteiger partial charge >= 0.3 is 0 Å². The third-order valence-electron chi connectivity index (χ3n) is 3.42. The molecule has 0 radical (unpaired) electrons. The summed E-state index contributed by atoms with van der Waals surface area (Å²) in [5.41, 5.74) is 3.24. The summed E-state index contributed by atoms with van der Waals surface area (Å²) in [4.78, 5) is 13.0. The predicted molar refractivity (Wildman–Crippen MR) is 107 cm³/mol. The molecule has 0 aliphatic rings. The minimum atomic E-state index is -0.140. The maximum Gasteiger partial charge on any atom is 0.236 e. The van der Waals surface area contributed by atoms with Crippen LogP contribution in [-0.2, 0) is 11.2 Å². The number of aryl methyl sites for hydroxylation is 2. The largest absolute Gasteiger partial charge is 0.332 e. The molecule has 0 aromatic heterocycles. The Balaban J connectivity index is 1.88. The fourth-order valence-electron chi connectivity index (χ4n) is 2.19. The molecule has 2 N–H and O–H groups in total. The van der Waals surface area contributed by atoms with Gasteiger partial charge in [0.1, 0.15) is 0 Å². The molecule has 126 valence electrons. The molecule has 0 saturated heterocycles. The smallest absolute Gasteiger partial charge is 0.236 e. The summed E-state index contributed by atoms with van der Waals surface area (Å²) in [5, 5.41) is 6.86. The van der Waals surface area contributed by atoms with Crippen molar-refractivity contribution in [2.75, 3.05) is 11.1 Å². The Kier molecular flexibility index (Phi) is 7.09. The lowest BCUT2D eigenvalue weighted by molar-refractivity contribution is -0.117. The van der Waals surface area contributed by atoms with E-state index in [1.54, 1.807) is 12.1 Å². The van der Waals surface area contributed by atoms with Gasteiger partial charge in [-0.3, -0.25) is 4.79 Å². The number of amides is 1. The molecule has 1 amide bonds. The second kappa shape index (κ2) is 9.06. The van der Waals surface area contributed by atoms with E-state index in [0.717, 1.165) is 22.6 Å². The quantitative estimate of drug-likeness (QED) is 0.578. The highest BCUT2D eigenvalue weighted by molar-refractivity contribution is 8.00. The Bertz CT molecular complexity index is 732. The number of nitrogens with one attached hydrogen (secondary N) is 2. The summed E-state index contributed by atoms with van der Waals surface area (Å²) in [5.74, 6) is 0.150. The van der Waals surface area contributed by atoms with E-state index < -0.39 is 0 Å². The van der Waals surface area contributed by atoms with E-state index in [1.165, 1.54) is 17.3 Å². The number of carbonyl (C=O) groups is 1. The molecule has 0 unspecified atom stereocenters. The van der Waals surface area contributed by atoms with Crippen LogP contribution in [0.25, 0.3) is 0 Å². The lowest BCUT2D eigenvalue weighted by Crippen LogP contribution is -2.35. The second-order valence-corrected chi connectivity index (χ2v) is 7.10. The van der Waals surface area contributed by atoms with E-state index in [1.807, 2.05) is 31.2 Å². The second-order valence-electron chi connectivity index (χ2n) is 5.21. The first kappa shape index (κ1) is 18.8. The van der Waals surface area contributed by atoms with Gasteiger partial charge in [0.25, 0.3) is 0 Å². The number of halogens is 1. The van der Waals surface area contributed by atoms with E-state index in [2.05, 4.69) is 23.6 Å². The number of hydrogen-bond donors (Lipinski definition) is 2. The van der Waals surface area contributed by atoms with Crippen molar-refractivity contribution >= 4 is 52.3 Å². The van der Waals surface area contributed by atoms with Crippen LogP contribution < -0.4 is 10.6 Å². The normalized spacial score (nSPS) is 10.3. The van der Waals surface area contributed by atoms with Crippen molar-refractivity contribution in [1.29, 1.82) is 0 Å². The van der Waals surface area contributed by atoms with Crippen LogP contribution in [0.4, 0.5) is 5.69 Å². The van der Waals surface area contributed by atoms with E-state index in [9.17, 15) is 4.79 Å². The van der Waals surface area contributed by atoms with Gasteiger partial charge in [-0.1, -0.05) is 36.7 Å². The number of thioether (sulfide) groups is 1. The number of anilines is 1. The first-order valence-corrected chi connectivity index (χ1v) is 9.34. The first-order valence-electron chi connectivity index (χ1n) is 7.57. The molecule has 0 fully saturated rings. The molecule has 0 saturated carbocycles. The summed E-state index contributed by atoms with van der Waals surface area (Å²) in [7, 11) is 0. The van der Waals surface area contributed by atoms with E-state index in [-0.39, 0.29) is 11.7 Å². The SMILES string of the molecule is CCc1cccc(C)c1NC(=S)NC(=O)CSc1ccc(Cl)cc1. The van der Waals surface area contributed by atoms with Gasteiger partial charge in [0.15, 0.2) is 5.11 Å². The van der Waals surface area contributed by atoms with Crippen molar-refractivity contribution in [3.63, 3.8) is 0 Å². The van der Waals surface area contributed by atoms with Crippen LogP contribution in [0.1, 0.15) is 18.1 Å². The molecule has 6 heteroatoms. The average Bonchev–Trinajstić information content (AvgIpc) is 2.56. The zero-order valence-electron chi connectivity index (χ0n) is 13.6. The minimum absolute atomic E-state index is 0.140. The summed E-state index contributed by atoms with van der Waals surface area (Å²) < 4.78 is 0. The highest BCUT2D eigenvalue weighted by atomic mass is 35.5. The molecule has 3 nitrogen and oxygen atoms in total. The molecule has 0 aliphatic heterocycles. The fourth-order valence-corrected chi connectivity index (χ4v) is 3.23. The van der Waals surface area contributed by atoms with Crippen LogP contribution in [0.15, 0.2) is 47.4 Å². The van der Waals surface area contributed by atoms with Crippen LogP contribution in [-0.4, -0.2) is 16.8 Å². The van der Waals surface area contributed by atoms with Gasteiger partial charge in [-0.2, -0.15) is 0 Å². The van der Waals surface area contributed by atoms with E-state index >= 15 is 0 Å². The third-order valence-corrected chi connectivity index (χ3v) is 4.88. The highest BCUT2D eigenvalue weighted by Crippen LogP contribution is 2.21. The van der Waals surface area contributed by atoms with Crippen molar-refractivity contribution in [2.45, 2.75) is 25.2 Å². The van der Waals surface area contributed by atoms with E-state index in [4.69, 9.17) is 23.8 Å². The Labute approximate surface area is 157 Å². The number of para-hydroxylation sites is 1. The molecule has 2 rings (SSSR count). The maximum absolute atomic E-state index is 12.0. The molecule has 0 bridgehead atoms. The van der Waals surface area contributed by atoms with E-state index in [0.29, 0.717) is 10.1 Å². The van der Waals surface area contributed by atoms with Crippen LogP contribution in [0.3, 0.4) is 0 Å². The summed E-state index contributed by atoms with van der Waals surface area (Å²) >= 11 is 12.5. The molecule has 0 heterocycles. The summed E-state index contributed by atoms with van der Waals surface area (Å²) in [6.45, 7) is 4.10. The summed E-state index contributed by atoms with van der Waals surface area (Å²) in [6, 6.07) is 13.5. The average molecular weight is 379 g/mol. The monoisotopic (exact) mass is 378 g/mol. The number of rotatable bonds is 5. The molecule has 0 spiro atoms. The van der Waals surface area contributed by atoms with Gasteiger partial charge in [0.05, 0.1) is 5.75 Å². The van der Waals surface area contributed by atoms with Crippen LogP contribution in [0.5, 0.6) is 0 Å². The Morgan fingerprint density at radius 2 is 1.92 bits per heavy atom. The maximum atomic E-state index is 12.0. The molecule has 2 aromatic rings. The van der Waals surface area contributed by atoms with Gasteiger partial charge in [0.2, 0.25) is 5.91 Å². The van der Waals surface area contributed by atoms with Gasteiger partial charge in [-0.05, 0) is 61.0 Å². The van der Waals surface area contributed by atoms with Gasteiger partial charge < -0.3 is 10.6 Å². The number of hydrogen-bond acceptors (Lipinski definition) is 3. The summed E-state index contributed by atoms with van der Waals surface area (Å²) in [6.07, 6.45) is 0.896. The molecule has 24 heavy (non-hydrogen) atoms. The van der Waals surface area contributed by atoms with Crippen molar-refractivity contribution in [3.8, 4) is 0 Å². The predicted octanol–water partition coefficient (Wildman–Crippen LogP) is 4.82. The number of thiocarbonyl (C=S) groups is 1. The Morgan fingerprint density at radius 3 is 2.58 bits per heavy atom. The zero-order valence-corrected chi connectivity index (χ0v) is 15.9. The van der Waals surface area contributed by atoms with Crippen molar-refractivity contribution in [2.24, 2.45) is 0 Å². The van der Waals surface area contributed by atoms with Gasteiger partial charge in [-0.15, -0.1) is 11.8 Å². The molecular formula is C18H19ClN2OS2. The number of benzene rings is 2. The van der Waals surface area contributed by atoms with Gasteiger partial charge in [-0.25, -0.2) is 0 Å². The molecule has 0 aliphatic carbocycles. The topological polar surface area (TPSA) is 41.1 Å². The lowest BCUT2D eigenvalue weighted by Gasteiger charge is -2.15. The molecule has 0 atom stereocenters. The number of carbonyl (C=O) groups excluding carboxylic acids is 1. The van der Waals surface area contributed by atoms with Crippen molar-refractivity contribution < 1.29 is 4.79 Å². The Hall–Kier alpha value is -1.56. The van der Waals surface area contributed by atoms with Crippen LogP contribution >= 0.6 is 35.6 Å².